The van der Waals surface area contributed by atoms with Crippen LogP contribution in [-0.4, -0.2) is 24.7 Å². The molecular weight excluding hydrogens is 407 g/mol. The second kappa shape index (κ2) is 7.94. The molecule has 2 amide bonds. The van der Waals surface area contributed by atoms with Crippen molar-refractivity contribution >= 4 is 17.4 Å². The minimum absolute atomic E-state index is 0.242. The van der Waals surface area contributed by atoms with Gasteiger partial charge >= 0.3 is 12.2 Å². The third kappa shape index (κ3) is 3.93. The van der Waals surface area contributed by atoms with E-state index in [1.807, 2.05) is 31.2 Å². The van der Waals surface area contributed by atoms with Gasteiger partial charge in [-0.25, -0.2) is 4.79 Å². The number of hydrogen-bond acceptors (Lipinski definition) is 3. The van der Waals surface area contributed by atoms with Crippen LogP contribution in [0.15, 0.2) is 54.9 Å². The zero-order chi connectivity index (χ0) is 22.2. The molecule has 0 unspecified atom stereocenters. The number of aromatic nitrogens is 1. The van der Waals surface area contributed by atoms with E-state index >= 15 is 0 Å². The maximum atomic E-state index is 13.4. The molecule has 1 N–H and O–H groups in total. The van der Waals surface area contributed by atoms with Crippen LogP contribution in [0, 0.1) is 6.92 Å². The van der Waals surface area contributed by atoms with Gasteiger partial charge < -0.3 is 10.1 Å². The van der Waals surface area contributed by atoms with Gasteiger partial charge in [-0.15, -0.1) is 0 Å². The molecule has 31 heavy (non-hydrogen) atoms. The number of carbonyl (C=O) groups is 1. The van der Waals surface area contributed by atoms with Crippen molar-refractivity contribution in [3.8, 4) is 16.9 Å². The predicted octanol–water partition coefficient (Wildman–Crippen LogP) is 5.68. The summed E-state index contributed by atoms with van der Waals surface area (Å²) in [7, 11) is 1.20. The highest BCUT2D eigenvalue weighted by molar-refractivity contribution is 6.04. The maximum absolute atomic E-state index is 13.4. The van der Waals surface area contributed by atoms with E-state index in [0.29, 0.717) is 17.7 Å². The smallest absolute Gasteiger partial charge is 0.420 e. The zero-order valence-corrected chi connectivity index (χ0v) is 17.0. The topological polar surface area (TPSA) is 54.5 Å². The first kappa shape index (κ1) is 20.7. The Balaban J connectivity index is 1.64. The Bertz CT molecular complexity index is 1130. The number of hydrogen-bond donors (Lipinski definition) is 1. The summed E-state index contributed by atoms with van der Waals surface area (Å²) < 4.78 is 45.2. The summed E-state index contributed by atoms with van der Waals surface area (Å²) >= 11 is 0. The summed E-state index contributed by atoms with van der Waals surface area (Å²) in [6.45, 7) is 2.16. The number of fused-ring (bicyclic) bond motifs is 1. The van der Waals surface area contributed by atoms with Crippen LogP contribution >= 0.6 is 0 Å². The van der Waals surface area contributed by atoms with Gasteiger partial charge in [-0.3, -0.25) is 9.88 Å². The van der Waals surface area contributed by atoms with Gasteiger partial charge in [0.2, 0.25) is 0 Å². The molecule has 3 aromatic rings. The number of ether oxygens (including phenoxy) is 1. The first-order chi connectivity index (χ1) is 14.8. The summed E-state index contributed by atoms with van der Waals surface area (Å²) in [5.41, 5.74) is 3.23. The van der Waals surface area contributed by atoms with Crippen molar-refractivity contribution in [1.82, 2.24) is 4.98 Å². The molecule has 4 rings (SSSR count). The van der Waals surface area contributed by atoms with Crippen molar-refractivity contribution in [3.63, 3.8) is 0 Å². The standard InChI is InChI=1S/C23H20F3N3O2/c1-14-17(16-5-4-9-27-13-16)6-3-7-19(14)28-22(30)29-10-8-15-11-21(31-2)18(12-20(15)29)23(24,25)26/h3-7,9,11-13H,8,10H2,1-2H3,(H,28,30). The van der Waals surface area contributed by atoms with Crippen molar-refractivity contribution < 1.29 is 22.7 Å². The van der Waals surface area contributed by atoms with E-state index in [9.17, 15) is 18.0 Å². The zero-order valence-electron chi connectivity index (χ0n) is 17.0. The molecule has 1 aliphatic heterocycles. The Kier molecular flexibility index (Phi) is 5.31. The third-order valence-electron chi connectivity index (χ3n) is 5.39. The van der Waals surface area contributed by atoms with E-state index in [2.05, 4.69) is 10.3 Å². The lowest BCUT2D eigenvalue weighted by Crippen LogP contribution is -2.33. The van der Waals surface area contributed by atoms with Crippen molar-refractivity contribution in [2.75, 3.05) is 23.9 Å². The lowest BCUT2D eigenvalue weighted by Gasteiger charge is -2.21. The first-order valence-corrected chi connectivity index (χ1v) is 9.66. The lowest BCUT2D eigenvalue weighted by molar-refractivity contribution is -0.138. The average Bonchev–Trinajstić information content (AvgIpc) is 3.17. The molecule has 0 radical (unpaired) electrons. The van der Waals surface area contributed by atoms with Crippen LogP contribution < -0.4 is 15.0 Å². The lowest BCUT2D eigenvalue weighted by atomic mass is 10.0. The molecule has 0 bridgehead atoms. The van der Waals surface area contributed by atoms with Crippen LogP contribution in [0.25, 0.3) is 11.1 Å². The van der Waals surface area contributed by atoms with Gasteiger partial charge in [-0.05, 0) is 54.3 Å². The quantitative estimate of drug-likeness (QED) is 0.585. The molecule has 2 heterocycles. The minimum atomic E-state index is -4.58. The predicted molar refractivity (Wildman–Crippen MR) is 112 cm³/mol. The fraction of sp³-hybridized carbons (Fsp3) is 0.217. The fourth-order valence-electron chi connectivity index (χ4n) is 3.80. The number of pyridine rings is 1. The monoisotopic (exact) mass is 427 g/mol. The second-order valence-electron chi connectivity index (χ2n) is 7.23. The van der Waals surface area contributed by atoms with Crippen LogP contribution in [0.1, 0.15) is 16.7 Å². The summed E-state index contributed by atoms with van der Waals surface area (Å²) in [5.74, 6) is -0.242. The van der Waals surface area contributed by atoms with Crippen LogP contribution in [-0.2, 0) is 12.6 Å². The number of nitrogens with one attached hydrogen (secondary N) is 1. The number of amides is 2. The fourth-order valence-corrected chi connectivity index (χ4v) is 3.80. The minimum Gasteiger partial charge on any atom is -0.496 e. The van der Waals surface area contributed by atoms with Gasteiger partial charge in [0, 0.05) is 35.9 Å². The molecule has 5 nitrogen and oxygen atoms in total. The van der Waals surface area contributed by atoms with Gasteiger partial charge in [-0.2, -0.15) is 13.2 Å². The Morgan fingerprint density at radius 3 is 2.68 bits per heavy atom. The van der Waals surface area contributed by atoms with Crippen molar-refractivity contribution in [2.24, 2.45) is 0 Å². The van der Waals surface area contributed by atoms with Gasteiger partial charge in [-0.1, -0.05) is 18.2 Å². The summed E-state index contributed by atoms with van der Waals surface area (Å²) in [6.07, 6.45) is -0.720. The highest BCUT2D eigenvalue weighted by atomic mass is 19.4. The number of benzene rings is 2. The first-order valence-electron chi connectivity index (χ1n) is 9.66. The molecule has 160 valence electrons. The normalized spacial score (nSPS) is 13.1. The number of methoxy groups -OCH3 is 1. The van der Waals surface area contributed by atoms with Crippen LogP contribution in [0.2, 0.25) is 0 Å². The molecule has 0 atom stereocenters. The number of alkyl halides is 3. The van der Waals surface area contributed by atoms with Gasteiger partial charge in [0.1, 0.15) is 5.75 Å². The molecule has 8 heteroatoms. The Morgan fingerprint density at radius 2 is 2.00 bits per heavy atom. The molecule has 1 aromatic heterocycles. The third-order valence-corrected chi connectivity index (χ3v) is 5.39. The maximum Gasteiger partial charge on any atom is 0.420 e. The molecule has 0 fully saturated rings. The average molecular weight is 427 g/mol. The number of halogens is 3. The molecule has 0 aliphatic carbocycles. The largest absolute Gasteiger partial charge is 0.496 e. The number of rotatable bonds is 3. The summed E-state index contributed by atoms with van der Waals surface area (Å²) in [6, 6.07) is 11.1. The number of carbonyl (C=O) groups excluding carboxylic acids is 1. The van der Waals surface area contributed by atoms with E-state index in [4.69, 9.17) is 4.74 Å². The van der Waals surface area contributed by atoms with E-state index in [0.717, 1.165) is 22.8 Å². The molecule has 0 saturated carbocycles. The van der Waals surface area contributed by atoms with Crippen LogP contribution in [0.4, 0.5) is 29.3 Å². The van der Waals surface area contributed by atoms with E-state index in [-0.39, 0.29) is 18.0 Å². The molecule has 2 aromatic carbocycles. The van der Waals surface area contributed by atoms with Crippen molar-refractivity contribution in [3.05, 3.63) is 71.5 Å². The van der Waals surface area contributed by atoms with Crippen LogP contribution in [0.5, 0.6) is 5.75 Å². The highest BCUT2D eigenvalue weighted by Gasteiger charge is 2.37. The summed E-state index contributed by atoms with van der Waals surface area (Å²) in [4.78, 5) is 18.4. The number of urea groups is 1. The van der Waals surface area contributed by atoms with Gasteiger partial charge in [0.05, 0.1) is 12.7 Å². The van der Waals surface area contributed by atoms with E-state index in [1.165, 1.54) is 18.1 Å². The SMILES string of the molecule is COc1cc2c(cc1C(F)(F)F)N(C(=O)Nc1cccc(-c3cccnc3)c1C)CC2. The van der Waals surface area contributed by atoms with Crippen molar-refractivity contribution in [1.29, 1.82) is 0 Å². The Hall–Kier alpha value is -3.55. The second-order valence-corrected chi connectivity index (χ2v) is 7.23. The Morgan fingerprint density at radius 1 is 1.19 bits per heavy atom. The van der Waals surface area contributed by atoms with Gasteiger partial charge in [0.15, 0.2) is 0 Å². The highest BCUT2D eigenvalue weighted by Crippen LogP contribution is 2.42. The number of nitrogens with zero attached hydrogens (tertiary/aromatic N) is 2. The van der Waals surface area contributed by atoms with Crippen LogP contribution in [0.3, 0.4) is 0 Å². The van der Waals surface area contributed by atoms with E-state index in [1.54, 1.807) is 18.5 Å². The molecule has 0 saturated heterocycles. The Labute approximate surface area is 177 Å². The van der Waals surface area contributed by atoms with E-state index < -0.39 is 17.8 Å². The van der Waals surface area contributed by atoms with Gasteiger partial charge in [0.25, 0.3) is 0 Å². The molecular formula is C23H20F3N3O2. The summed E-state index contributed by atoms with van der Waals surface area (Å²) in [5, 5.41) is 2.84. The molecule has 0 spiro atoms. The molecule has 1 aliphatic rings. The van der Waals surface area contributed by atoms with Crippen molar-refractivity contribution in [2.45, 2.75) is 19.5 Å². The number of anilines is 2.